The lowest BCUT2D eigenvalue weighted by Crippen LogP contribution is -2.59. The molecule has 0 aromatic carbocycles. The molecule has 3 aliphatic heterocycles. The predicted octanol–water partition coefficient (Wildman–Crippen LogP) is 0.317. The molecule has 0 aliphatic carbocycles. The van der Waals surface area contributed by atoms with Crippen LogP contribution in [0.2, 0.25) is 0 Å². The van der Waals surface area contributed by atoms with Gasteiger partial charge >= 0.3 is 0 Å². The first-order valence-corrected chi connectivity index (χ1v) is 9.06. The van der Waals surface area contributed by atoms with Crippen molar-refractivity contribution in [1.82, 2.24) is 15.1 Å². The Morgan fingerprint density at radius 2 is 2.09 bits per heavy atom. The highest BCUT2D eigenvalue weighted by Gasteiger charge is 2.52. The third-order valence-electron chi connectivity index (χ3n) is 6.16. The Kier molecular flexibility index (Phi) is 4.92. The molecule has 3 fully saturated rings. The first-order valence-electron chi connectivity index (χ1n) is 9.06. The molecule has 3 heterocycles. The molecule has 0 unspecified atom stereocenters. The van der Waals surface area contributed by atoms with Crippen LogP contribution >= 0.6 is 0 Å². The van der Waals surface area contributed by atoms with Crippen molar-refractivity contribution in [3.63, 3.8) is 0 Å². The maximum absolute atomic E-state index is 12.0. The number of hydrogen-bond acceptors (Lipinski definition) is 4. The van der Waals surface area contributed by atoms with E-state index in [2.05, 4.69) is 10.2 Å². The molecular formula is C17H30N4O2. The zero-order valence-electron chi connectivity index (χ0n) is 14.2. The lowest BCUT2D eigenvalue weighted by Gasteiger charge is -2.42. The molecule has 3 atom stereocenters. The number of carbonyl (C=O) groups excluding carboxylic acids is 2. The van der Waals surface area contributed by atoms with E-state index >= 15 is 0 Å². The largest absolute Gasteiger partial charge is 0.368 e. The van der Waals surface area contributed by atoms with Crippen LogP contribution in [0.1, 0.15) is 45.4 Å². The maximum atomic E-state index is 12.0. The second-order valence-corrected chi connectivity index (χ2v) is 7.50. The Labute approximate surface area is 138 Å². The van der Waals surface area contributed by atoms with Gasteiger partial charge in [-0.25, -0.2) is 0 Å². The molecule has 3 aliphatic rings. The monoisotopic (exact) mass is 322 g/mol. The Bertz CT molecular complexity index is 466. The molecule has 23 heavy (non-hydrogen) atoms. The lowest BCUT2D eigenvalue weighted by atomic mass is 9.87. The molecule has 0 radical (unpaired) electrons. The van der Waals surface area contributed by atoms with Crippen molar-refractivity contribution < 1.29 is 9.59 Å². The van der Waals surface area contributed by atoms with Gasteiger partial charge in [0.25, 0.3) is 0 Å². The Morgan fingerprint density at radius 3 is 2.78 bits per heavy atom. The number of primary amides is 1. The third-order valence-corrected chi connectivity index (χ3v) is 6.16. The summed E-state index contributed by atoms with van der Waals surface area (Å²) in [5.41, 5.74) is 5.37. The standard InChI is InChI=1S/C17H30N4O2/c1-13(22)20-9-5-14(12-20)11-19-8-10-21-15-3-2-6-17(21,7-4-15)16(18)23/h14-15,19H,2-12H2,1H3,(H2,18,23)/t14-,15-,17+/m1/s1. The van der Waals surface area contributed by atoms with Crippen LogP contribution in [0.5, 0.6) is 0 Å². The normalized spacial score (nSPS) is 34.0. The fraction of sp³-hybridized carbons (Fsp3) is 0.882. The second kappa shape index (κ2) is 6.77. The van der Waals surface area contributed by atoms with Gasteiger partial charge < -0.3 is 16.0 Å². The SMILES string of the molecule is CC(=O)N1CC[C@H](CNCCN2[C@@H]3CCC[C@@]2(C(N)=O)CC3)C1. The topological polar surface area (TPSA) is 78.7 Å². The van der Waals surface area contributed by atoms with Gasteiger partial charge in [0.15, 0.2) is 0 Å². The number of piperidine rings is 1. The molecule has 3 saturated heterocycles. The molecule has 0 aromatic heterocycles. The average Bonchev–Trinajstić information content (AvgIpc) is 3.05. The summed E-state index contributed by atoms with van der Waals surface area (Å²) in [5, 5.41) is 3.53. The van der Waals surface area contributed by atoms with Crippen LogP contribution in [0.3, 0.4) is 0 Å². The van der Waals surface area contributed by atoms with Crippen molar-refractivity contribution in [3.05, 3.63) is 0 Å². The molecular weight excluding hydrogens is 292 g/mol. The van der Waals surface area contributed by atoms with Crippen molar-refractivity contribution in [2.75, 3.05) is 32.7 Å². The first kappa shape index (κ1) is 16.7. The smallest absolute Gasteiger partial charge is 0.237 e. The predicted molar refractivity (Wildman–Crippen MR) is 88.7 cm³/mol. The molecule has 0 spiro atoms. The highest BCUT2D eigenvalue weighted by Crippen LogP contribution is 2.43. The quantitative estimate of drug-likeness (QED) is 0.690. The van der Waals surface area contributed by atoms with Gasteiger partial charge in [-0.05, 0) is 51.0 Å². The number of hydrogen-bond donors (Lipinski definition) is 2. The van der Waals surface area contributed by atoms with Gasteiger partial charge in [0.1, 0.15) is 5.54 Å². The lowest BCUT2D eigenvalue weighted by molar-refractivity contribution is -0.131. The molecule has 130 valence electrons. The van der Waals surface area contributed by atoms with E-state index in [1.165, 1.54) is 6.42 Å². The zero-order valence-corrected chi connectivity index (χ0v) is 14.2. The van der Waals surface area contributed by atoms with E-state index in [9.17, 15) is 9.59 Å². The summed E-state index contributed by atoms with van der Waals surface area (Å²) in [6.07, 6.45) is 6.38. The summed E-state index contributed by atoms with van der Waals surface area (Å²) < 4.78 is 0. The fourth-order valence-electron chi connectivity index (χ4n) is 4.83. The molecule has 3 rings (SSSR count). The minimum absolute atomic E-state index is 0.132. The summed E-state index contributed by atoms with van der Waals surface area (Å²) in [4.78, 5) is 27.7. The summed E-state index contributed by atoms with van der Waals surface area (Å²) in [6, 6.07) is 0.540. The highest BCUT2D eigenvalue weighted by molar-refractivity contribution is 5.85. The van der Waals surface area contributed by atoms with Crippen molar-refractivity contribution in [1.29, 1.82) is 0 Å². The van der Waals surface area contributed by atoms with Gasteiger partial charge in [-0.1, -0.05) is 0 Å². The van der Waals surface area contributed by atoms with Crippen LogP contribution in [-0.2, 0) is 9.59 Å². The van der Waals surface area contributed by atoms with Crippen molar-refractivity contribution in [2.45, 2.75) is 57.0 Å². The second-order valence-electron chi connectivity index (χ2n) is 7.50. The number of amides is 2. The zero-order chi connectivity index (χ0) is 16.4. The fourth-order valence-corrected chi connectivity index (χ4v) is 4.83. The summed E-state index contributed by atoms with van der Waals surface area (Å²) in [6.45, 7) is 6.15. The van der Waals surface area contributed by atoms with E-state index in [0.29, 0.717) is 12.0 Å². The van der Waals surface area contributed by atoms with Gasteiger partial charge in [0, 0.05) is 39.1 Å². The highest BCUT2D eigenvalue weighted by atomic mass is 16.2. The van der Waals surface area contributed by atoms with Crippen LogP contribution in [-0.4, -0.2) is 65.9 Å². The number of carbonyl (C=O) groups is 2. The van der Waals surface area contributed by atoms with Gasteiger partial charge in [-0.2, -0.15) is 0 Å². The van der Waals surface area contributed by atoms with Crippen molar-refractivity contribution in [3.8, 4) is 0 Å². The minimum Gasteiger partial charge on any atom is -0.368 e. The van der Waals surface area contributed by atoms with Crippen LogP contribution in [0.4, 0.5) is 0 Å². The van der Waals surface area contributed by atoms with E-state index < -0.39 is 0 Å². The number of nitrogens with one attached hydrogen (secondary N) is 1. The van der Waals surface area contributed by atoms with E-state index in [-0.39, 0.29) is 17.4 Å². The van der Waals surface area contributed by atoms with Crippen LogP contribution < -0.4 is 11.1 Å². The summed E-state index contributed by atoms with van der Waals surface area (Å²) in [7, 11) is 0. The molecule has 2 amide bonds. The van der Waals surface area contributed by atoms with Crippen molar-refractivity contribution in [2.24, 2.45) is 11.7 Å². The van der Waals surface area contributed by atoms with Crippen LogP contribution in [0.25, 0.3) is 0 Å². The van der Waals surface area contributed by atoms with E-state index in [1.54, 1.807) is 6.92 Å². The number of nitrogens with two attached hydrogens (primary N) is 1. The van der Waals surface area contributed by atoms with Gasteiger partial charge in [0.05, 0.1) is 0 Å². The number of fused-ring (bicyclic) bond motifs is 2. The van der Waals surface area contributed by atoms with Crippen molar-refractivity contribution >= 4 is 11.8 Å². The molecule has 6 heteroatoms. The summed E-state index contributed by atoms with van der Waals surface area (Å²) >= 11 is 0. The minimum atomic E-state index is -0.372. The molecule has 0 aromatic rings. The Balaban J connectivity index is 1.44. The molecule has 0 saturated carbocycles. The Hall–Kier alpha value is -1.14. The third kappa shape index (κ3) is 3.24. The van der Waals surface area contributed by atoms with E-state index in [4.69, 9.17) is 5.73 Å². The molecule has 6 nitrogen and oxygen atoms in total. The molecule has 2 bridgehead atoms. The van der Waals surface area contributed by atoms with Gasteiger partial charge in [0.2, 0.25) is 11.8 Å². The average molecular weight is 322 g/mol. The molecule has 3 N–H and O–H groups in total. The van der Waals surface area contributed by atoms with Gasteiger partial charge in [-0.15, -0.1) is 0 Å². The first-order chi connectivity index (χ1) is 11.0. The van der Waals surface area contributed by atoms with E-state index in [1.807, 2.05) is 4.90 Å². The summed E-state index contributed by atoms with van der Waals surface area (Å²) in [5.74, 6) is 0.607. The van der Waals surface area contributed by atoms with E-state index in [0.717, 1.165) is 64.8 Å². The Morgan fingerprint density at radius 1 is 1.26 bits per heavy atom. The number of nitrogens with zero attached hydrogens (tertiary/aromatic N) is 2. The van der Waals surface area contributed by atoms with Crippen LogP contribution in [0, 0.1) is 5.92 Å². The van der Waals surface area contributed by atoms with Gasteiger partial charge in [-0.3, -0.25) is 14.5 Å². The number of rotatable bonds is 6. The maximum Gasteiger partial charge on any atom is 0.237 e. The van der Waals surface area contributed by atoms with Crippen LogP contribution in [0.15, 0.2) is 0 Å². The number of likely N-dealkylation sites (tertiary alicyclic amines) is 1.